The number of hydrogen-bond donors (Lipinski definition) is 0. The fraction of sp³-hybridized carbons (Fsp3) is 1.00. The molecule has 0 saturated heterocycles. The molecule has 0 radical (unpaired) electrons. The Balaban J connectivity index is 0. The van der Waals surface area contributed by atoms with Crippen molar-refractivity contribution in [3.05, 3.63) is 0 Å². The Kier molecular flexibility index (Phi) is 10.9. The van der Waals surface area contributed by atoms with Crippen LogP contribution in [0.1, 0.15) is 26.7 Å². The zero-order valence-electron chi connectivity index (χ0n) is 6.05. The van der Waals surface area contributed by atoms with Crippen molar-refractivity contribution in [3.8, 4) is 0 Å². The topological polar surface area (TPSA) is 0 Å². The normalized spacial score (nSPS) is 10.1. The van der Waals surface area contributed by atoms with Crippen LogP contribution in [0.3, 0.4) is 0 Å². The minimum absolute atomic E-state index is 1.00. The summed E-state index contributed by atoms with van der Waals surface area (Å²) in [6.07, 6.45) is 2.64. The van der Waals surface area contributed by atoms with Crippen molar-refractivity contribution < 1.29 is 13.2 Å². The van der Waals surface area contributed by atoms with Gasteiger partial charge in [0.15, 0.2) is 0 Å². The van der Waals surface area contributed by atoms with Crippen LogP contribution in [-0.2, 0) is 0 Å². The van der Waals surface area contributed by atoms with Crippen LogP contribution in [-0.4, -0.2) is 49.2 Å². The summed E-state index contributed by atoms with van der Waals surface area (Å²) in [4.78, 5) is 0. The molecule has 0 aliphatic carbocycles. The Bertz CT molecular complexity index is 42.7. The Morgan fingerprint density at radius 3 is 1.22 bits per heavy atom. The van der Waals surface area contributed by atoms with E-state index in [1.165, 1.54) is 12.8 Å². The van der Waals surface area contributed by atoms with Gasteiger partial charge in [-0.1, -0.05) is 26.7 Å². The number of hydrogen-bond acceptors (Lipinski definition) is 0. The molecule has 0 bridgehead atoms. The van der Waals surface area contributed by atoms with Gasteiger partial charge in [-0.05, 0) is 0 Å². The average molecular weight is 166 g/mol. The van der Waals surface area contributed by atoms with E-state index < -0.39 is 49.2 Å². The predicted molar refractivity (Wildman–Crippen MR) is 32.4 cm³/mol. The first-order valence-electron chi connectivity index (χ1n) is 2.98. The molecule has 52 valence electrons. The predicted octanol–water partition coefficient (Wildman–Crippen LogP) is 2.48. The first-order valence-corrected chi connectivity index (χ1v) is 4.54. The van der Waals surface area contributed by atoms with Crippen molar-refractivity contribution in [1.29, 1.82) is 0 Å². The number of unbranched alkanes of at least 4 members (excludes halogenated alkanes) is 1. The number of alkyl halides is 3. The molecule has 0 aromatic carbocycles. The molecule has 0 fully saturated rings. The first-order chi connectivity index (χ1) is 3.91. The van der Waals surface area contributed by atoms with Gasteiger partial charge in [-0.15, -0.1) is 0 Å². The number of halogens is 3. The zero-order valence-corrected chi connectivity index (χ0v) is 9.17. The van der Waals surface area contributed by atoms with E-state index in [2.05, 4.69) is 13.8 Å². The quantitative estimate of drug-likeness (QED) is 0.525. The van der Waals surface area contributed by atoms with Gasteiger partial charge >= 0.3 is 62.4 Å². The van der Waals surface area contributed by atoms with E-state index >= 15 is 0 Å². The van der Waals surface area contributed by atoms with Gasteiger partial charge in [-0.25, -0.2) is 0 Å². The summed E-state index contributed by atoms with van der Waals surface area (Å²) < 4.78 is 27.5. The molecule has 0 spiro atoms. The van der Waals surface area contributed by atoms with Crippen LogP contribution < -0.4 is 0 Å². The van der Waals surface area contributed by atoms with E-state index in [4.69, 9.17) is 0 Å². The summed E-state index contributed by atoms with van der Waals surface area (Å²) in [5.41, 5.74) is 0. The minimum atomic E-state index is -3.81. The van der Waals surface area contributed by atoms with E-state index in [-0.39, 0.29) is 0 Å². The van der Waals surface area contributed by atoms with Crippen LogP contribution in [0.5, 0.6) is 0 Å². The second-order valence-electron chi connectivity index (χ2n) is 1.78. The molecular formula is C5H10F3K. The van der Waals surface area contributed by atoms with Crippen LogP contribution in [0, 0.1) is 0 Å². The van der Waals surface area contributed by atoms with Crippen molar-refractivity contribution in [1.82, 2.24) is 0 Å². The fourth-order valence-electron chi connectivity index (χ4n) is 0. The van der Waals surface area contributed by atoms with Gasteiger partial charge in [-0.2, -0.15) is 0 Å². The molecule has 4 heteroatoms. The first kappa shape index (κ1) is 13.0. The van der Waals surface area contributed by atoms with Gasteiger partial charge in [0, 0.05) is 0 Å². The van der Waals surface area contributed by atoms with E-state index in [0.717, 1.165) is 0 Å². The molecule has 0 aromatic rings. The molecule has 0 nitrogen and oxygen atoms in total. The van der Waals surface area contributed by atoms with Crippen LogP contribution in [0.25, 0.3) is 0 Å². The Labute approximate surface area is 87.8 Å². The SMILES string of the molecule is CCCC.F[C](F)(F)[K]. The monoisotopic (exact) mass is 166 g/mol. The second-order valence-corrected chi connectivity index (χ2v) is 3.55. The maximum atomic E-state index is 10.4. The molecule has 0 aliphatic rings. The van der Waals surface area contributed by atoms with Gasteiger partial charge < -0.3 is 0 Å². The fourth-order valence-corrected chi connectivity index (χ4v) is 0. The molecule has 0 saturated carbocycles. The third-order valence-corrected chi connectivity index (χ3v) is 0.500. The van der Waals surface area contributed by atoms with E-state index in [9.17, 15) is 13.2 Å². The second kappa shape index (κ2) is 7.53. The molecule has 0 atom stereocenters. The van der Waals surface area contributed by atoms with Gasteiger partial charge in [-0.3, -0.25) is 0 Å². The van der Waals surface area contributed by atoms with E-state index in [0.29, 0.717) is 0 Å². The van der Waals surface area contributed by atoms with Crippen molar-refractivity contribution >= 4 is 49.0 Å². The molecule has 0 N–H and O–H groups in total. The molecule has 0 rings (SSSR count). The average Bonchev–Trinajstić information content (AvgIpc) is 1.61. The van der Waals surface area contributed by atoms with Gasteiger partial charge in [0.2, 0.25) is 0 Å². The van der Waals surface area contributed by atoms with Crippen molar-refractivity contribution in [2.24, 2.45) is 0 Å². The van der Waals surface area contributed by atoms with Crippen molar-refractivity contribution in [3.63, 3.8) is 0 Å². The molecule has 9 heavy (non-hydrogen) atoms. The van der Waals surface area contributed by atoms with Crippen LogP contribution in [0.4, 0.5) is 13.2 Å². The molecule has 0 heterocycles. The Hall–Kier alpha value is 1.43. The third-order valence-electron chi connectivity index (χ3n) is 0.500. The van der Waals surface area contributed by atoms with Gasteiger partial charge in [0.05, 0.1) is 0 Å². The van der Waals surface area contributed by atoms with Crippen LogP contribution >= 0.6 is 0 Å². The van der Waals surface area contributed by atoms with Crippen molar-refractivity contribution in [2.75, 3.05) is 0 Å². The van der Waals surface area contributed by atoms with Crippen LogP contribution in [0.2, 0.25) is 0 Å². The molecular weight excluding hydrogens is 156 g/mol. The van der Waals surface area contributed by atoms with Crippen LogP contribution in [0.15, 0.2) is 0 Å². The Morgan fingerprint density at radius 1 is 1.11 bits per heavy atom. The van der Waals surface area contributed by atoms with E-state index in [1.807, 2.05) is 0 Å². The summed E-state index contributed by atoms with van der Waals surface area (Å²) in [6.45, 7) is 4.36. The zero-order chi connectivity index (χ0) is 7.91. The molecule has 0 aliphatic heterocycles. The van der Waals surface area contributed by atoms with Gasteiger partial charge in [0.25, 0.3) is 0 Å². The molecule has 0 unspecified atom stereocenters. The summed E-state index contributed by atoms with van der Waals surface area (Å²) >= 11 is -1.00. The summed E-state index contributed by atoms with van der Waals surface area (Å²) in [5.74, 6) is 0. The molecule has 0 amide bonds. The maximum absolute atomic E-state index is 10.4. The summed E-state index contributed by atoms with van der Waals surface area (Å²) in [5, 5.41) is 0. The molecule has 0 aromatic heterocycles. The summed E-state index contributed by atoms with van der Waals surface area (Å²) in [7, 11) is 0. The Morgan fingerprint density at radius 2 is 1.22 bits per heavy atom. The van der Waals surface area contributed by atoms with E-state index in [1.54, 1.807) is 0 Å². The summed E-state index contributed by atoms with van der Waals surface area (Å²) in [6, 6.07) is 0. The van der Waals surface area contributed by atoms with Gasteiger partial charge in [0.1, 0.15) is 0 Å². The standard InChI is InChI=1S/C4H10.CF3.K/c1-3-4-2;2-1(3)4;/h3-4H2,1-2H3;;. The van der Waals surface area contributed by atoms with Crippen molar-refractivity contribution in [2.45, 2.75) is 27.0 Å². The number of rotatable bonds is 1. The third kappa shape index (κ3) is 88.3.